The Hall–Kier alpha value is -2.12. The van der Waals surface area contributed by atoms with Gasteiger partial charge in [0.15, 0.2) is 0 Å². The van der Waals surface area contributed by atoms with E-state index in [-0.39, 0.29) is 19.0 Å². The lowest BCUT2D eigenvalue weighted by atomic mass is 10.3. The van der Waals surface area contributed by atoms with Crippen LogP contribution in [0.1, 0.15) is 13.8 Å². The number of methoxy groups -OCH3 is 1. The molecular weight excluding hydrogens is 242 g/mol. The summed E-state index contributed by atoms with van der Waals surface area (Å²) in [7, 11) is 1.20. The van der Waals surface area contributed by atoms with Crippen molar-refractivity contribution < 1.29 is 23.9 Å². The van der Waals surface area contributed by atoms with Crippen molar-refractivity contribution in [1.82, 2.24) is 16.0 Å². The molecule has 0 spiro atoms. The standard InChI is InChI=1S/C10H17N3O5/c1-6(10(17)12-5-9(16)18-3)13-8(15)4-11-7(2)14/h6H,4-5H2,1-3H3,(H,11,14)(H,12,17)(H,13,15)/t6-/m1/s1. The molecular formula is C10H17N3O5. The maximum absolute atomic E-state index is 11.4. The molecule has 8 nitrogen and oxygen atoms in total. The maximum Gasteiger partial charge on any atom is 0.325 e. The van der Waals surface area contributed by atoms with Gasteiger partial charge in [-0.1, -0.05) is 0 Å². The number of rotatable bonds is 6. The predicted molar refractivity (Wildman–Crippen MR) is 61.3 cm³/mol. The van der Waals surface area contributed by atoms with Crippen molar-refractivity contribution in [1.29, 1.82) is 0 Å². The average Bonchev–Trinajstić information content (AvgIpc) is 2.32. The number of ether oxygens (including phenoxy) is 1. The number of hydrogen-bond donors (Lipinski definition) is 3. The van der Waals surface area contributed by atoms with Crippen molar-refractivity contribution in [3.05, 3.63) is 0 Å². The molecule has 18 heavy (non-hydrogen) atoms. The van der Waals surface area contributed by atoms with E-state index in [1.54, 1.807) is 0 Å². The van der Waals surface area contributed by atoms with Crippen LogP contribution in [0.3, 0.4) is 0 Å². The molecule has 0 aliphatic rings. The Kier molecular flexibility index (Phi) is 7.10. The highest BCUT2D eigenvalue weighted by molar-refractivity contribution is 5.90. The van der Waals surface area contributed by atoms with Crippen LogP contribution in [0.4, 0.5) is 0 Å². The largest absolute Gasteiger partial charge is 0.468 e. The summed E-state index contributed by atoms with van der Waals surface area (Å²) in [4.78, 5) is 44.0. The van der Waals surface area contributed by atoms with Crippen LogP contribution in [0.15, 0.2) is 0 Å². The Balaban J connectivity index is 3.96. The van der Waals surface area contributed by atoms with Crippen molar-refractivity contribution >= 4 is 23.7 Å². The number of carbonyl (C=O) groups excluding carboxylic acids is 4. The van der Waals surface area contributed by atoms with Gasteiger partial charge in [0.2, 0.25) is 17.7 Å². The molecule has 0 saturated heterocycles. The molecule has 0 aromatic heterocycles. The van der Waals surface area contributed by atoms with Gasteiger partial charge in [-0.25, -0.2) is 0 Å². The molecule has 0 aromatic rings. The SMILES string of the molecule is COC(=O)CNC(=O)[C@@H](C)NC(=O)CNC(C)=O. The smallest absolute Gasteiger partial charge is 0.325 e. The lowest BCUT2D eigenvalue weighted by Crippen LogP contribution is -2.48. The zero-order valence-electron chi connectivity index (χ0n) is 10.5. The number of carbonyl (C=O) groups is 4. The molecule has 0 bridgehead atoms. The highest BCUT2D eigenvalue weighted by Gasteiger charge is 2.16. The minimum atomic E-state index is -0.809. The van der Waals surface area contributed by atoms with E-state index in [4.69, 9.17) is 0 Å². The second-order valence-electron chi connectivity index (χ2n) is 3.49. The van der Waals surface area contributed by atoms with Gasteiger partial charge in [0.05, 0.1) is 13.7 Å². The summed E-state index contributed by atoms with van der Waals surface area (Å²) in [6, 6.07) is -0.809. The third-order valence-corrected chi connectivity index (χ3v) is 1.90. The van der Waals surface area contributed by atoms with Crippen molar-refractivity contribution in [3.63, 3.8) is 0 Å². The van der Waals surface area contributed by atoms with E-state index in [9.17, 15) is 19.2 Å². The van der Waals surface area contributed by atoms with Crippen molar-refractivity contribution in [2.75, 3.05) is 20.2 Å². The Morgan fingerprint density at radius 1 is 1.11 bits per heavy atom. The Bertz CT molecular complexity index is 342. The van der Waals surface area contributed by atoms with Gasteiger partial charge in [-0.05, 0) is 6.92 Å². The number of esters is 1. The second-order valence-corrected chi connectivity index (χ2v) is 3.49. The van der Waals surface area contributed by atoms with E-state index in [0.717, 1.165) is 0 Å². The topological polar surface area (TPSA) is 114 Å². The van der Waals surface area contributed by atoms with Gasteiger partial charge in [-0.2, -0.15) is 0 Å². The van der Waals surface area contributed by atoms with Gasteiger partial charge in [-0.3, -0.25) is 19.2 Å². The van der Waals surface area contributed by atoms with E-state index >= 15 is 0 Å². The van der Waals surface area contributed by atoms with Crippen LogP contribution in [0.5, 0.6) is 0 Å². The van der Waals surface area contributed by atoms with Gasteiger partial charge in [-0.15, -0.1) is 0 Å². The number of hydrogen-bond acceptors (Lipinski definition) is 5. The molecule has 3 amide bonds. The van der Waals surface area contributed by atoms with Crippen LogP contribution in [0.2, 0.25) is 0 Å². The van der Waals surface area contributed by atoms with Crippen LogP contribution in [0, 0.1) is 0 Å². The van der Waals surface area contributed by atoms with Crippen LogP contribution in [0.25, 0.3) is 0 Å². The normalized spacial score (nSPS) is 11.1. The van der Waals surface area contributed by atoms with Crippen molar-refractivity contribution in [2.24, 2.45) is 0 Å². The van der Waals surface area contributed by atoms with Gasteiger partial charge in [0.25, 0.3) is 0 Å². The van der Waals surface area contributed by atoms with E-state index < -0.39 is 23.8 Å². The highest BCUT2D eigenvalue weighted by Crippen LogP contribution is 1.82. The fraction of sp³-hybridized carbons (Fsp3) is 0.600. The quantitative estimate of drug-likeness (QED) is 0.474. The Labute approximate surface area is 104 Å². The molecule has 0 radical (unpaired) electrons. The summed E-state index contributed by atoms with van der Waals surface area (Å²) < 4.78 is 4.34. The first-order valence-corrected chi connectivity index (χ1v) is 5.25. The predicted octanol–water partition coefficient (Wildman–Crippen LogP) is -2.08. The molecule has 0 rings (SSSR count). The first kappa shape index (κ1) is 15.9. The first-order chi connectivity index (χ1) is 8.36. The third kappa shape index (κ3) is 7.20. The summed E-state index contributed by atoms with van der Waals surface area (Å²) in [5.74, 6) is -1.93. The molecule has 0 unspecified atom stereocenters. The molecule has 0 fully saturated rings. The molecule has 0 aliphatic carbocycles. The summed E-state index contributed by atoms with van der Waals surface area (Å²) in [5, 5.41) is 6.94. The van der Waals surface area contributed by atoms with Gasteiger partial charge < -0.3 is 20.7 Å². The Morgan fingerprint density at radius 3 is 2.22 bits per heavy atom. The molecule has 0 saturated carbocycles. The molecule has 0 aromatic carbocycles. The fourth-order valence-corrected chi connectivity index (χ4v) is 0.947. The number of nitrogens with one attached hydrogen (secondary N) is 3. The summed E-state index contributed by atoms with van der Waals surface area (Å²) in [6.07, 6.45) is 0. The van der Waals surface area contributed by atoms with E-state index in [0.29, 0.717) is 0 Å². The minimum Gasteiger partial charge on any atom is -0.468 e. The van der Waals surface area contributed by atoms with Gasteiger partial charge in [0.1, 0.15) is 12.6 Å². The molecule has 0 aliphatic heterocycles. The summed E-state index contributed by atoms with van der Waals surface area (Å²) >= 11 is 0. The van der Waals surface area contributed by atoms with E-state index in [1.165, 1.54) is 21.0 Å². The van der Waals surface area contributed by atoms with Crippen LogP contribution >= 0.6 is 0 Å². The second kappa shape index (κ2) is 8.04. The average molecular weight is 259 g/mol. The molecule has 0 heterocycles. The first-order valence-electron chi connectivity index (χ1n) is 5.25. The fourth-order valence-electron chi connectivity index (χ4n) is 0.947. The lowest BCUT2D eigenvalue weighted by molar-refractivity contribution is -0.141. The van der Waals surface area contributed by atoms with E-state index in [2.05, 4.69) is 20.7 Å². The van der Waals surface area contributed by atoms with Gasteiger partial charge in [0, 0.05) is 6.92 Å². The molecule has 1 atom stereocenters. The van der Waals surface area contributed by atoms with Crippen LogP contribution in [-0.2, 0) is 23.9 Å². The van der Waals surface area contributed by atoms with Crippen molar-refractivity contribution in [2.45, 2.75) is 19.9 Å². The molecule has 3 N–H and O–H groups in total. The summed E-state index contributed by atoms with van der Waals surface area (Å²) in [5.41, 5.74) is 0. The molecule has 102 valence electrons. The van der Waals surface area contributed by atoms with Crippen LogP contribution in [-0.4, -0.2) is 49.9 Å². The van der Waals surface area contributed by atoms with Crippen LogP contribution < -0.4 is 16.0 Å². The highest BCUT2D eigenvalue weighted by atomic mass is 16.5. The summed E-state index contributed by atoms with van der Waals surface area (Å²) in [6.45, 7) is 2.27. The van der Waals surface area contributed by atoms with Crippen molar-refractivity contribution in [3.8, 4) is 0 Å². The Morgan fingerprint density at radius 2 is 1.72 bits per heavy atom. The monoisotopic (exact) mass is 259 g/mol. The maximum atomic E-state index is 11.4. The zero-order valence-corrected chi connectivity index (χ0v) is 10.5. The molecule has 8 heteroatoms. The van der Waals surface area contributed by atoms with E-state index in [1.807, 2.05) is 0 Å². The third-order valence-electron chi connectivity index (χ3n) is 1.90. The van der Waals surface area contributed by atoms with Gasteiger partial charge >= 0.3 is 5.97 Å². The minimum absolute atomic E-state index is 0.204. The number of amides is 3. The zero-order chi connectivity index (χ0) is 14.1. The lowest BCUT2D eigenvalue weighted by Gasteiger charge is -2.13.